The predicted molar refractivity (Wildman–Crippen MR) is 107 cm³/mol. The number of hydrogen-bond donors (Lipinski definition) is 1. The van der Waals surface area contributed by atoms with Gasteiger partial charge in [-0.15, -0.1) is 0 Å². The Bertz CT molecular complexity index is 1020. The van der Waals surface area contributed by atoms with Crippen LogP contribution < -0.4 is 10.1 Å². The van der Waals surface area contributed by atoms with E-state index in [2.05, 4.69) is 15.4 Å². The Kier molecular flexibility index (Phi) is 5.00. The molecule has 0 saturated carbocycles. The summed E-state index contributed by atoms with van der Waals surface area (Å²) in [6.45, 7) is 5.09. The molecule has 4 rings (SSSR count). The summed E-state index contributed by atoms with van der Waals surface area (Å²) in [6.07, 6.45) is 2.26. The molecule has 0 bridgehead atoms. The van der Waals surface area contributed by atoms with Gasteiger partial charge in [0.2, 0.25) is 0 Å². The molecule has 1 N–H and O–H groups in total. The van der Waals surface area contributed by atoms with Gasteiger partial charge in [0.05, 0.1) is 22.7 Å². The highest BCUT2D eigenvalue weighted by Gasteiger charge is 2.19. The third-order valence-corrected chi connectivity index (χ3v) is 4.89. The SMILES string of the molecule is Cc1cc(C(=O)Nc2cccc(OCC3CCCO3)c2)c2c(C)nn(C)c2n1. The number of pyridine rings is 1. The Hall–Kier alpha value is -2.93. The molecular weight excluding hydrogens is 356 g/mol. The van der Waals surface area contributed by atoms with Gasteiger partial charge >= 0.3 is 0 Å². The number of benzene rings is 1. The second kappa shape index (κ2) is 7.59. The summed E-state index contributed by atoms with van der Waals surface area (Å²) in [7, 11) is 1.83. The van der Waals surface area contributed by atoms with Crippen molar-refractivity contribution in [3.63, 3.8) is 0 Å². The number of aryl methyl sites for hydroxylation is 3. The summed E-state index contributed by atoms with van der Waals surface area (Å²) < 4.78 is 13.1. The smallest absolute Gasteiger partial charge is 0.256 e. The maximum atomic E-state index is 13.0. The number of fused-ring (bicyclic) bond motifs is 1. The fraction of sp³-hybridized carbons (Fsp3) is 0.381. The molecular formula is C21H24N4O3. The predicted octanol–water partition coefficient (Wildman–Crippen LogP) is 3.40. The molecule has 1 unspecified atom stereocenters. The molecule has 3 heterocycles. The molecule has 3 aromatic rings. The molecule has 146 valence electrons. The quantitative estimate of drug-likeness (QED) is 0.734. The van der Waals surface area contributed by atoms with E-state index in [9.17, 15) is 4.79 Å². The minimum Gasteiger partial charge on any atom is -0.491 e. The van der Waals surface area contributed by atoms with Crippen molar-refractivity contribution in [3.05, 3.63) is 47.3 Å². The summed E-state index contributed by atoms with van der Waals surface area (Å²) in [5, 5.41) is 8.14. The summed E-state index contributed by atoms with van der Waals surface area (Å²) in [5.74, 6) is 0.518. The Balaban J connectivity index is 1.54. The van der Waals surface area contributed by atoms with Gasteiger partial charge in [0.25, 0.3) is 5.91 Å². The third kappa shape index (κ3) is 3.71. The van der Waals surface area contributed by atoms with Crippen molar-refractivity contribution in [1.29, 1.82) is 0 Å². The molecule has 1 fully saturated rings. The van der Waals surface area contributed by atoms with Crippen molar-refractivity contribution in [2.45, 2.75) is 32.8 Å². The molecule has 2 aromatic heterocycles. The van der Waals surface area contributed by atoms with Gasteiger partial charge in [0, 0.05) is 31.1 Å². The van der Waals surface area contributed by atoms with Crippen molar-refractivity contribution < 1.29 is 14.3 Å². The topological polar surface area (TPSA) is 78.3 Å². The van der Waals surface area contributed by atoms with Gasteiger partial charge in [0.1, 0.15) is 12.4 Å². The molecule has 28 heavy (non-hydrogen) atoms. The van der Waals surface area contributed by atoms with E-state index in [4.69, 9.17) is 9.47 Å². The average Bonchev–Trinajstić information content (AvgIpc) is 3.28. The lowest BCUT2D eigenvalue weighted by atomic mass is 10.1. The highest BCUT2D eigenvalue weighted by Crippen LogP contribution is 2.24. The number of anilines is 1. The zero-order chi connectivity index (χ0) is 19.7. The second-order valence-corrected chi connectivity index (χ2v) is 7.15. The number of nitrogens with zero attached hydrogens (tertiary/aromatic N) is 3. The molecule has 0 spiro atoms. The molecule has 7 nitrogen and oxygen atoms in total. The minimum atomic E-state index is -0.192. The van der Waals surface area contributed by atoms with E-state index in [0.29, 0.717) is 29.3 Å². The molecule has 1 aromatic carbocycles. The monoisotopic (exact) mass is 380 g/mol. The van der Waals surface area contributed by atoms with E-state index in [1.54, 1.807) is 10.7 Å². The van der Waals surface area contributed by atoms with Crippen LogP contribution in [-0.2, 0) is 11.8 Å². The molecule has 0 radical (unpaired) electrons. The molecule has 7 heteroatoms. The molecule has 1 atom stereocenters. The lowest BCUT2D eigenvalue weighted by Crippen LogP contribution is -2.16. The number of nitrogens with one attached hydrogen (secondary N) is 1. The molecule has 1 saturated heterocycles. The second-order valence-electron chi connectivity index (χ2n) is 7.15. The normalized spacial score (nSPS) is 16.5. The molecule has 1 amide bonds. The van der Waals surface area contributed by atoms with Crippen molar-refractivity contribution in [1.82, 2.24) is 14.8 Å². The first kappa shape index (κ1) is 18.4. The van der Waals surface area contributed by atoms with Gasteiger partial charge in [-0.25, -0.2) is 4.98 Å². The van der Waals surface area contributed by atoms with E-state index in [0.717, 1.165) is 36.2 Å². The van der Waals surface area contributed by atoms with Crippen LogP contribution in [0.5, 0.6) is 5.75 Å². The third-order valence-electron chi connectivity index (χ3n) is 4.89. The lowest BCUT2D eigenvalue weighted by Gasteiger charge is -2.13. The van der Waals surface area contributed by atoms with Crippen LogP contribution in [-0.4, -0.2) is 40.0 Å². The number of aromatic nitrogens is 3. The first-order valence-corrected chi connectivity index (χ1v) is 9.48. The standard InChI is InChI=1S/C21H24N4O3/c1-13-10-18(19-14(2)24-25(3)20(19)22-13)21(26)23-15-6-4-7-16(11-15)28-12-17-8-5-9-27-17/h4,6-7,10-11,17H,5,8-9,12H2,1-3H3,(H,23,26). The first-order valence-electron chi connectivity index (χ1n) is 9.48. The Morgan fingerprint density at radius 3 is 3.00 bits per heavy atom. The van der Waals surface area contributed by atoms with Crippen LogP contribution in [0.15, 0.2) is 30.3 Å². The van der Waals surface area contributed by atoms with Gasteiger partial charge in [-0.2, -0.15) is 5.10 Å². The van der Waals surface area contributed by atoms with E-state index < -0.39 is 0 Å². The highest BCUT2D eigenvalue weighted by molar-refractivity contribution is 6.12. The van der Waals surface area contributed by atoms with Crippen molar-refractivity contribution in [3.8, 4) is 5.75 Å². The van der Waals surface area contributed by atoms with Gasteiger partial charge < -0.3 is 14.8 Å². The molecule has 1 aliphatic heterocycles. The molecule has 1 aliphatic rings. The van der Waals surface area contributed by atoms with Crippen LogP contribution in [0.4, 0.5) is 5.69 Å². The van der Waals surface area contributed by atoms with Gasteiger partial charge in [-0.1, -0.05) is 6.07 Å². The Morgan fingerprint density at radius 2 is 2.21 bits per heavy atom. The van der Waals surface area contributed by atoms with Gasteiger partial charge in [-0.05, 0) is 44.9 Å². The van der Waals surface area contributed by atoms with Gasteiger partial charge in [0.15, 0.2) is 5.65 Å². The van der Waals surface area contributed by atoms with E-state index >= 15 is 0 Å². The number of carbonyl (C=O) groups is 1. The van der Waals surface area contributed by atoms with E-state index in [1.807, 2.05) is 45.2 Å². The Morgan fingerprint density at radius 1 is 1.36 bits per heavy atom. The Labute approximate surface area is 163 Å². The van der Waals surface area contributed by atoms with Crippen molar-refractivity contribution in [2.75, 3.05) is 18.5 Å². The summed E-state index contributed by atoms with van der Waals surface area (Å²) in [6, 6.07) is 9.21. The van der Waals surface area contributed by atoms with Crippen LogP contribution in [0, 0.1) is 13.8 Å². The minimum absolute atomic E-state index is 0.153. The first-order chi connectivity index (χ1) is 13.5. The fourth-order valence-electron chi connectivity index (χ4n) is 3.58. The largest absolute Gasteiger partial charge is 0.491 e. The number of ether oxygens (including phenoxy) is 2. The van der Waals surface area contributed by atoms with Crippen molar-refractivity contribution >= 4 is 22.6 Å². The van der Waals surface area contributed by atoms with E-state index in [-0.39, 0.29) is 12.0 Å². The number of amides is 1. The van der Waals surface area contributed by atoms with Crippen molar-refractivity contribution in [2.24, 2.45) is 7.05 Å². The number of rotatable bonds is 5. The van der Waals surface area contributed by atoms with E-state index in [1.165, 1.54) is 0 Å². The van der Waals surface area contributed by atoms with Crippen LogP contribution in [0.3, 0.4) is 0 Å². The van der Waals surface area contributed by atoms with Gasteiger partial charge in [-0.3, -0.25) is 9.48 Å². The maximum absolute atomic E-state index is 13.0. The lowest BCUT2D eigenvalue weighted by molar-refractivity contribution is 0.0680. The summed E-state index contributed by atoms with van der Waals surface area (Å²) in [4.78, 5) is 17.5. The zero-order valence-electron chi connectivity index (χ0n) is 16.4. The molecule has 0 aliphatic carbocycles. The average molecular weight is 380 g/mol. The zero-order valence-corrected chi connectivity index (χ0v) is 16.4. The summed E-state index contributed by atoms with van der Waals surface area (Å²) in [5.41, 5.74) is 3.51. The van der Waals surface area contributed by atoms with Crippen LogP contribution >= 0.6 is 0 Å². The van der Waals surface area contributed by atoms with Crippen LogP contribution in [0.2, 0.25) is 0 Å². The summed E-state index contributed by atoms with van der Waals surface area (Å²) >= 11 is 0. The number of hydrogen-bond acceptors (Lipinski definition) is 5. The fourth-order valence-corrected chi connectivity index (χ4v) is 3.58. The van der Waals surface area contributed by atoms with Crippen LogP contribution in [0.1, 0.15) is 34.6 Å². The highest BCUT2D eigenvalue weighted by atomic mass is 16.5. The number of carbonyl (C=O) groups excluding carboxylic acids is 1. The van der Waals surface area contributed by atoms with Crippen LogP contribution in [0.25, 0.3) is 11.0 Å². The maximum Gasteiger partial charge on any atom is 0.256 e.